The topological polar surface area (TPSA) is 71.0 Å². The Morgan fingerprint density at radius 2 is 2.24 bits per heavy atom. The molecule has 0 aliphatic carbocycles. The smallest absolute Gasteiger partial charge is 0.270 e. The highest BCUT2D eigenvalue weighted by Crippen LogP contribution is 2.23. The molecule has 1 fully saturated rings. The van der Waals surface area contributed by atoms with Gasteiger partial charge in [-0.2, -0.15) is 0 Å². The van der Waals surface area contributed by atoms with Gasteiger partial charge in [-0.3, -0.25) is 4.79 Å². The van der Waals surface area contributed by atoms with Gasteiger partial charge >= 0.3 is 0 Å². The molecule has 7 heteroatoms. The Kier molecular flexibility index (Phi) is 4.10. The second-order valence-corrected chi connectivity index (χ2v) is 5.94. The van der Waals surface area contributed by atoms with Crippen molar-refractivity contribution in [1.82, 2.24) is 20.3 Å². The van der Waals surface area contributed by atoms with Gasteiger partial charge in [-0.15, -0.1) is 11.3 Å². The molecule has 2 aromatic rings. The molecular formula is C14H17N5OS. The number of rotatable bonds is 3. The molecule has 3 heterocycles. The summed E-state index contributed by atoms with van der Waals surface area (Å²) in [6.07, 6.45) is 4.82. The fourth-order valence-electron chi connectivity index (χ4n) is 2.39. The van der Waals surface area contributed by atoms with Gasteiger partial charge in [-0.25, -0.2) is 15.0 Å². The summed E-state index contributed by atoms with van der Waals surface area (Å²) in [5.41, 5.74) is 1.48. The Bertz CT molecular complexity index is 607. The number of amides is 1. The maximum absolute atomic E-state index is 12.0. The van der Waals surface area contributed by atoms with Gasteiger partial charge in [0.25, 0.3) is 5.91 Å². The summed E-state index contributed by atoms with van der Waals surface area (Å²) in [6.45, 7) is 3.85. The minimum absolute atomic E-state index is 0.124. The minimum Gasteiger partial charge on any atom is -0.348 e. The summed E-state index contributed by atoms with van der Waals surface area (Å²) in [5, 5.41) is 6.18. The average Bonchev–Trinajstić information content (AvgIpc) is 2.95. The molecule has 21 heavy (non-hydrogen) atoms. The lowest BCUT2D eigenvalue weighted by atomic mass is 10.1. The molecule has 2 aromatic heterocycles. The van der Waals surface area contributed by atoms with Crippen LogP contribution in [0.2, 0.25) is 0 Å². The molecular weight excluding hydrogens is 286 g/mol. The van der Waals surface area contributed by atoms with Crippen LogP contribution in [0.15, 0.2) is 24.0 Å². The van der Waals surface area contributed by atoms with Gasteiger partial charge in [-0.05, 0) is 25.8 Å². The first-order valence-corrected chi connectivity index (χ1v) is 7.84. The number of nitrogens with one attached hydrogen (secondary N) is 1. The zero-order chi connectivity index (χ0) is 14.7. The van der Waals surface area contributed by atoms with E-state index in [2.05, 4.69) is 30.5 Å². The van der Waals surface area contributed by atoms with E-state index in [0.717, 1.165) is 36.8 Å². The van der Waals surface area contributed by atoms with Crippen LogP contribution in [0, 0.1) is 6.92 Å². The molecule has 1 aliphatic heterocycles. The molecule has 1 amide bonds. The van der Waals surface area contributed by atoms with Crippen molar-refractivity contribution >= 4 is 22.4 Å². The molecule has 110 valence electrons. The van der Waals surface area contributed by atoms with Gasteiger partial charge < -0.3 is 10.2 Å². The summed E-state index contributed by atoms with van der Waals surface area (Å²) in [5.74, 6) is -0.124. The number of hydrogen-bond donors (Lipinski definition) is 1. The van der Waals surface area contributed by atoms with E-state index in [1.165, 1.54) is 6.33 Å². The Hall–Kier alpha value is -2.02. The second-order valence-electron chi connectivity index (χ2n) is 5.10. The van der Waals surface area contributed by atoms with Crippen LogP contribution in [0.1, 0.15) is 29.0 Å². The van der Waals surface area contributed by atoms with E-state index in [1.54, 1.807) is 23.6 Å². The summed E-state index contributed by atoms with van der Waals surface area (Å²) in [7, 11) is 0. The fourth-order valence-corrected chi connectivity index (χ4v) is 3.24. The lowest BCUT2D eigenvalue weighted by molar-refractivity contribution is 0.0926. The molecule has 0 bridgehead atoms. The molecule has 0 radical (unpaired) electrons. The number of carbonyl (C=O) groups excluding carboxylic acids is 1. The van der Waals surface area contributed by atoms with E-state index in [9.17, 15) is 4.79 Å². The SMILES string of the molecule is Cc1csc(N2CCC(NC(=O)c3ccncn3)CC2)n1. The molecule has 1 saturated heterocycles. The minimum atomic E-state index is -0.124. The monoisotopic (exact) mass is 303 g/mol. The highest BCUT2D eigenvalue weighted by Gasteiger charge is 2.22. The van der Waals surface area contributed by atoms with Crippen LogP contribution in [-0.4, -0.2) is 40.0 Å². The van der Waals surface area contributed by atoms with Crippen molar-refractivity contribution in [3.05, 3.63) is 35.4 Å². The maximum atomic E-state index is 12.0. The molecule has 0 unspecified atom stereocenters. The van der Waals surface area contributed by atoms with E-state index in [1.807, 2.05) is 6.92 Å². The average molecular weight is 303 g/mol. The second kappa shape index (κ2) is 6.17. The maximum Gasteiger partial charge on any atom is 0.270 e. The van der Waals surface area contributed by atoms with Crippen LogP contribution >= 0.6 is 11.3 Å². The van der Waals surface area contributed by atoms with Crippen molar-refractivity contribution in [3.8, 4) is 0 Å². The lowest BCUT2D eigenvalue weighted by Gasteiger charge is -2.32. The van der Waals surface area contributed by atoms with Gasteiger partial charge in [0.2, 0.25) is 0 Å². The van der Waals surface area contributed by atoms with Crippen LogP contribution in [0.3, 0.4) is 0 Å². The van der Waals surface area contributed by atoms with Gasteiger partial charge in [-0.1, -0.05) is 0 Å². The zero-order valence-corrected chi connectivity index (χ0v) is 12.6. The third-order valence-electron chi connectivity index (χ3n) is 3.52. The predicted molar refractivity (Wildman–Crippen MR) is 81.6 cm³/mol. The van der Waals surface area contributed by atoms with Crippen LogP contribution in [0.4, 0.5) is 5.13 Å². The molecule has 0 aromatic carbocycles. The molecule has 6 nitrogen and oxygen atoms in total. The predicted octanol–water partition coefficient (Wildman–Crippen LogP) is 1.64. The van der Waals surface area contributed by atoms with Crippen molar-refractivity contribution in [1.29, 1.82) is 0 Å². The number of hydrogen-bond acceptors (Lipinski definition) is 6. The zero-order valence-electron chi connectivity index (χ0n) is 11.8. The molecule has 1 N–H and O–H groups in total. The molecule has 0 atom stereocenters. The summed E-state index contributed by atoms with van der Waals surface area (Å²) >= 11 is 1.68. The van der Waals surface area contributed by atoms with E-state index < -0.39 is 0 Å². The number of carbonyl (C=O) groups is 1. The van der Waals surface area contributed by atoms with E-state index in [-0.39, 0.29) is 11.9 Å². The highest BCUT2D eigenvalue weighted by atomic mass is 32.1. The highest BCUT2D eigenvalue weighted by molar-refractivity contribution is 7.13. The first-order chi connectivity index (χ1) is 10.2. The Labute approximate surface area is 127 Å². The van der Waals surface area contributed by atoms with Gasteiger partial charge in [0.05, 0.1) is 5.69 Å². The first kappa shape index (κ1) is 13.9. The Morgan fingerprint density at radius 1 is 1.43 bits per heavy atom. The normalized spacial score (nSPS) is 16.0. The largest absolute Gasteiger partial charge is 0.348 e. The van der Waals surface area contributed by atoms with Crippen LogP contribution < -0.4 is 10.2 Å². The summed E-state index contributed by atoms with van der Waals surface area (Å²) in [4.78, 5) is 26.6. The Morgan fingerprint density at radius 3 is 2.86 bits per heavy atom. The molecule has 0 spiro atoms. The quantitative estimate of drug-likeness (QED) is 0.933. The number of thiazole rings is 1. The van der Waals surface area contributed by atoms with Crippen molar-refractivity contribution < 1.29 is 4.79 Å². The third kappa shape index (κ3) is 3.36. The Balaban J connectivity index is 1.53. The van der Waals surface area contributed by atoms with E-state index in [0.29, 0.717) is 5.69 Å². The fraction of sp³-hybridized carbons (Fsp3) is 0.429. The molecule has 3 rings (SSSR count). The number of anilines is 1. The van der Waals surface area contributed by atoms with E-state index in [4.69, 9.17) is 0 Å². The number of nitrogens with zero attached hydrogens (tertiary/aromatic N) is 4. The summed E-state index contributed by atoms with van der Waals surface area (Å²) < 4.78 is 0. The number of aromatic nitrogens is 3. The van der Waals surface area contributed by atoms with Crippen molar-refractivity contribution in [2.45, 2.75) is 25.8 Å². The number of piperidine rings is 1. The van der Waals surface area contributed by atoms with Crippen LogP contribution in [0.5, 0.6) is 0 Å². The lowest BCUT2D eigenvalue weighted by Crippen LogP contribution is -2.44. The van der Waals surface area contributed by atoms with E-state index >= 15 is 0 Å². The van der Waals surface area contributed by atoms with Gasteiger partial charge in [0.1, 0.15) is 12.0 Å². The molecule has 1 aliphatic rings. The van der Waals surface area contributed by atoms with Gasteiger partial charge in [0.15, 0.2) is 5.13 Å². The van der Waals surface area contributed by atoms with Gasteiger partial charge in [0, 0.05) is 30.7 Å². The first-order valence-electron chi connectivity index (χ1n) is 6.96. The van der Waals surface area contributed by atoms with Crippen LogP contribution in [-0.2, 0) is 0 Å². The summed E-state index contributed by atoms with van der Waals surface area (Å²) in [6, 6.07) is 1.83. The van der Waals surface area contributed by atoms with Crippen molar-refractivity contribution in [2.24, 2.45) is 0 Å². The van der Waals surface area contributed by atoms with Crippen LogP contribution in [0.25, 0.3) is 0 Å². The molecule has 0 saturated carbocycles. The number of aryl methyl sites for hydroxylation is 1. The van der Waals surface area contributed by atoms with Crippen molar-refractivity contribution in [2.75, 3.05) is 18.0 Å². The van der Waals surface area contributed by atoms with Crippen molar-refractivity contribution in [3.63, 3.8) is 0 Å². The standard InChI is InChI=1S/C14H17N5OS/c1-10-8-21-14(17-10)19-6-3-11(4-7-19)18-13(20)12-2-5-15-9-16-12/h2,5,8-9,11H,3-4,6-7H2,1H3,(H,18,20). The third-order valence-corrected chi connectivity index (χ3v) is 4.54.